The summed E-state index contributed by atoms with van der Waals surface area (Å²) >= 11 is 11.7. The van der Waals surface area contributed by atoms with Crippen LogP contribution in [0.25, 0.3) is 0 Å². The molecule has 1 atom stereocenters. The molecule has 0 saturated carbocycles. The number of hydrogen-bond donors (Lipinski definition) is 0. The van der Waals surface area contributed by atoms with Crippen LogP contribution < -0.4 is 4.74 Å². The van der Waals surface area contributed by atoms with Gasteiger partial charge in [-0.3, -0.25) is 4.79 Å². The molecule has 0 bridgehead atoms. The maximum absolute atomic E-state index is 11.3. The van der Waals surface area contributed by atoms with E-state index in [0.717, 1.165) is 0 Å². The van der Waals surface area contributed by atoms with E-state index in [9.17, 15) is 9.59 Å². The van der Waals surface area contributed by atoms with Crippen LogP contribution in [0.5, 0.6) is 5.75 Å². The minimum atomic E-state index is -0.715. The highest BCUT2D eigenvalue weighted by atomic mass is 35.5. The lowest BCUT2D eigenvalue weighted by Gasteiger charge is -2.13. The van der Waals surface area contributed by atoms with E-state index in [-0.39, 0.29) is 16.3 Å². The van der Waals surface area contributed by atoms with E-state index in [0.29, 0.717) is 24.3 Å². The average Bonchev–Trinajstić information content (AvgIpc) is 2.68. The molecule has 0 amide bonds. The molecule has 4 nitrogen and oxygen atoms in total. The molecule has 0 aliphatic carbocycles. The molecule has 0 spiro atoms. The van der Waals surface area contributed by atoms with E-state index in [1.165, 1.54) is 12.1 Å². The zero-order valence-electron chi connectivity index (χ0n) is 8.61. The van der Waals surface area contributed by atoms with E-state index < -0.39 is 12.1 Å². The monoisotopic (exact) mass is 274 g/mol. The summed E-state index contributed by atoms with van der Waals surface area (Å²) in [4.78, 5) is 22.1. The molecule has 1 aliphatic rings. The number of aldehydes is 1. The van der Waals surface area contributed by atoms with Gasteiger partial charge in [0.25, 0.3) is 0 Å². The zero-order chi connectivity index (χ0) is 12.4. The number of rotatable bonds is 3. The Balaban J connectivity index is 2.31. The summed E-state index contributed by atoms with van der Waals surface area (Å²) < 4.78 is 10.2. The van der Waals surface area contributed by atoms with Crippen LogP contribution in [0.4, 0.5) is 0 Å². The third-order valence-electron chi connectivity index (χ3n) is 2.31. The van der Waals surface area contributed by atoms with Gasteiger partial charge in [0.15, 0.2) is 12.4 Å². The van der Waals surface area contributed by atoms with E-state index in [4.69, 9.17) is 32.7 Å². The van der Waals surface area contributed by atoms with Crippen molar-refractivity contribution in [2.45, 2.75) is 12.5 Å². The van der Waals surface area contributed by atoms with Crippen LogP contribution in [0.2, 0.25) is 10.0 Å². The third-order valence-corrected chi connectivity index (χ3v) is 2.81. The number of esters is 1. The smallest absolute Gasteiger partial charge is 0.347 e. The van der Waals surface area contributed by atoms with E-state index in [1.807, 2.05) is 0 Å². The second-order valence-electron chi connectivity index (χ2n) is 3.49. The van der Waals surface area contributed by atoms with Crippen molar-refractivity contribution in [3.63, 3.8) is 0 Å². The lowest BCUT2D eigenvalue weighted by Crippen LogP contribution is -2.22. The van der Waals surface area contributed by atoms with Gasteiger partial charge in [-0.2, -0.15) is 0 Å². The maximum Gasteiger partial charge on any atom is 0.347 e. The van der Waals surface area contributed by atoms with Crippen molar-refractivity contribution in [3.8, 4) is 5.75 Å². The van der Waals surface area contributed by atoms with Crippen molar-refractivity contribution < 1.29 is 19.1 Å². The molecular weight excluding hydrogens is 267 g/mol. The number of cyclic esters (lactones) is 1. The molecule has 1 fully saturated rings. The first-order valence-electron chi connectivity index (χ1n) is 4.89. The van der Waals surface area contributed by atoms with Gasteiger partial charge in [0.2, 0.25) is 0 Å². The Hall–Kier alpha value is -1.26. The van der Waals surface area contributed by atoms with E-state index >= 15 is 0 Å². The second-order valence-corrected chi connectivity index (χ2v) is 4.33. The number of benzene rings is 1. The molecular formula is C11H8Cl2O4. The van der Waals surface area contributed by atoms with Gasteiger partial charge in [-0.25, -0.2) is 4.79 Å². The van der Waals surface area contributed by atoms with Crippen LogP contribution >= 0.6 is 23.2 Å². The highest BCUT2D eigenvalue weighted by Gasteiger charge is 2.29. The molecule has 2 rings (SSSR count). The zero-order valence-corrected chi connectivity index (χ0v) is 10.1. The van der Waals surface area contributed by atoms with Gasteiger partial charge in [0, 0.05) is 11.4 Å². The molecule has 6 heteroatoms. The molecule has 1 unspecified atom stereocenters. The minimum Gasteiger partial charge on any atom is -0.476 e. The molecule has 0 aromatic heterocycles. The quantitative estimate of drug-likeness (QED) is 0.628. The predicted molar refractivity (Wildman–Crippen MR) is 61.8 cm³/mol. The predicted octanol–water partition coefficient (Wildman–Crippen LogP) is 2.50. The number of ether oxygens (including phenoxy) is 2. The Morgan fingerprint density at radius 1 is 1.41 bits per heavy atom. The standard InChI is InChI=1S/C11H8Cl2O4/c12-7-3-6(5-14)10(8(13)4-7)17-9-1-2-16-11(9)15/h3-5,9H,1-2H2. The molecule has 0 N–H and O–H groups in total. The Labute approximate surface area is 107 Å². The fourth-order valence-electron chi connectivity index (χ4n) is 1.52. The van der Waals surface area contributed by atoms with Gasteiger partial charge in [-0.05, 0) is 12.1 Å². The molecule has 1 aliphatic heterocycles. The third kappa shape index (κ3) is 2.53. The number of carbonyl (C=O) groups is 2. The van der Waals surface area contributed by atoms with Crippen molar-refractivity contribution in [2.24, 2.45) is 0 Å². The SMILES string of the molecule is O=Cc1cc(Cl)cc(Cl)c1OC1CCOC1=O. The molecule has 90 valence electrons. The van der Waals surface area contributed by atoms with Gasteiger partial charge in [-0.1, -0.05) is 23.2 Å². The van der Waals surface area contributed by atoms with Crippen LogP contribution in [-0.2, 0) is 9.53 Å². The molecule has 1 aromatic rings. The number of hydrogen-bond acceptors (Lipinski definition) is 4. The van der Waals surface area contributed by atoms with Crippen molar-refractivity contribution >= 4 is 35.5 Å². The van der Waals surface area contributed by atoms with Crippen LogP contribution in [0, 0.1) is 0 Å². The van der Waals surface area contributed by atoms with Gasteiger partial charge >= 0.3 is 5.97 Å². The maximum atomic E-state index is 11.3. The van der Waals surface area contributed by atoms with Gasteiger partial charge in [0.05, 0.1) is 17.2 Å². The largest absolute Gasteiger partial charge is 0.476 e. The van der Waals surface area contributed by atoms with Crippen molar-refractivity contribution in [1.82, 2.24) is 0 Å². The molecule has 1 aromatic carbocycles. The van der Waals surface area contributed by atoms with E-state index in [1.54, 1.807) is 0 Å². The first-order chi connectivity index (χ1) is 8.11. The fraction of sp³-hybridized carbons (Fsp3) is 0.273. The molecule has 1 heterocycles. The summed E-state index contributed by atoms with van der Waals surface area (Å²) in [5.74, 6) is -0.289. The van der Waals surface area contributed by atoms with Crippen molar-refractivity contribution in [2.75, 3.05) is 6.61 Å². The lowest BCUT2D eigenvalue weighted by atomic mass is 10.2. The van der Waals surface area contributed by atoms with Gasteiger partial charge in [-0.15, -0.1) is 0 Å². The van der Waals surface area contributed by atoms with Crippen LogP contribution in [0.3, 0.4) is 0 Å². The summed E-state index contributed by atoms with van der Waals surface area (Å²) in [7, 11) is 0. The number of carbonyl (C=O) groups excluding carboxylic acids is 2. The van der Waals surface area contributed by atoms with Crippen molar-refractivity contribution in [3.05, 3.63) is 27.7 Å². The summed E-state index contributed by atoms with van der Waals surface area (Å²) in [5.41, 5.74) is 0.210. The summed E-state index contributed by atoms with van der Waals surface area (Å²) in [5, 5.41) is 0.526. The normalized spacial score (nSPS) is 18.9. The molecule has 1 saturated heterocycles. The van der Waals surface area contributed by atoms with Crippen molar-refractivity contribution in [1.29, 1.82) is 0 Å². The van der Waals surface area contributed by atoms with Crippen LogP contribution in [0.1, 0.15) is 16.8 Å². The Morgan fingerprint density at radius 2 is 2.18 bits per heavy atom. The summed E-state index contributed by atoms with van der Waals surface area (Å²) in [6, 6.07) is 2.88. The Kier molecular flexibility index (Phi) is 3.54. The summed E-state index contributed by atoms with van der Waals surface area (Å²) in [6.45, 7) is 0.311. The van der Waals surface area contributed by atoms with Gasteiger partial charge in [0.1, 0.15) is 5.75 Å². The van der Waals surface area contributed by atoms with E-state index in [2.05, 4.69) is 0 Å². The minimum absolute atomic E-state index is 0.162. The second kappa shape index (κ2) is 4.94. The lowest BCUT2D eigenvalue weighted by molar-refractivity contribution is -0.143. The van der Waals surface area contributed by atoms with Crippen LogP contribution in [-0.4, -0.2) is 25.0 Å². The first-order valence-corrected chi connectivity index (χ1v) is 5.65. The number of halogens is 2. The molecule has 0 radical (unpaired) electrons. The molecule has 17 heavy (non-hydrogen) atoms. The summed E-state index contributed by atoms with van der Waals surface area (Å²) in [6.07, 6.45) is 0.302. The highest BCUT2D eigenvalue weighted by Crippen LogP contribution is 2.33. The average molecular weight is 275 g/mol. The van der Waals surface area contributed by atoms with Crippen LogP contribution in [0.15, 0.2) is 12.1 Å². The Morgan fingerprint density at radius 3 is 2.76 bits per heavy atom. The Bertz CT molecular complexity index is 473. The topological polar surface area (TPSA) is 52.6 Å². The highest BCUT2D eigenvalue weighted by molar-refractivity contribution is 6.36. The van der Waals surface area contributed by atoms with Gasteiger partial charge < -0.3 is 9.47 Å². The first kappa shape index (κ1) is 12.2. The fourth-order valence-corrected chi connectivity index (χ4v) is 2.07.